The number of carbonyl (C=O) groups excluding carboxylic acids is 2. The van der Waals surface area contributed by atoms with Crippen LogP contribution in [-0.2, 0) is 9.53 Å². The van der Waals surface area contributed by atoms with Crippen LogP contribution in [0.15, 0.2) is 54.6 Å². The van der Waals surface area contributed by atoms with E-state index in [1.165, 1.54) is 4.90 Å². The number of amides is 1. The highest BCUT2D eigenvalue weighted by Gasteiger charge is 2.17. The molecule has 0 bridgehead atoms. The van der Waals surface area contributed by atoms with Crippen molar-refractivity contribution >= 4 is 11.9 Å². The number of nitrogens with zero attached hydrogens (tertiary/aromatic N) is 2. The van der Waals surface area contributed by atoms with Crippen molar-refractivity contribution in [3.63, 3.8) is 0 Å². The molecule has 0 radical (unpaired) electrons. The molecule has 25 heavy (non-hydrogen) atoms. The van der Waals surface area contributed by atoms with E-state index in [1.54, 1.807) is 43.4 Å². The summed E-state index contributed by atoms with van der Waals surface area (Å²) in [5.41, 5.74) is 0.235. The van der Waals surface area contributed by atoms with Crippen molar-refractivity contribution in [2.24, 2.45) is 0 Å². The molecular weight excluding hydrogens is 320 g/mol. The number of esters is 1. The molecule has 6 heteroatoms. The Labute approximate surface area is 146 Å². The van der Waals surface area contributed by atoms with Gasteiger partial charge < -0.3 is 14.4 Å². The minimum Gasteiger partial charge on any atom is -0.456 e. The lowest BCUT2D eigenvalue weighted by atomic mass is 10.2. The molecule has 2 rings (SSSR count). The summed E-state index contributed by atoms with van der Waals surface area (Å²) in [6.45, 7) is -0.0962. The Morgan fingerprint density at radius 2 is 1.76 bits per heavy atom. The number of likely N-dealkylation sites (N-methyl/N-ethyl adjacent to an activating group) is 1. The zero-order valence-corrected chi connectivity index (χ0v) is 13.8. The maximum Gasteiger partial charge on any atom is 0.342 e. The van der Waals surface area contributed by atoms with E-state index in [1.807, 2.05) is 24.3 Å². The third kappa shape index (κ3) is 5.36. The minimum atomic E-state index is -0.645. The van der Waals surface area contributed by atoms with E-state index in [0.717, 1.165) is 0 Å². The van der Waals surface area contributed by atoms with E-state index in [2.05, 4.69) is 0 Å². The van der Waals surface area contributed by atoms with E-state index in [4.69, 9.17) is 14.7 Å². The molecule has 0 aliphatic carbocycles. The highest BCUT2D eigenvalue weighted by Crippen LogP contribution is 2.25. The minimum absolute atomic E-state index is 0.226. The molecule has 1 amide bonds. The second-order valence-corrected chi connectivity index (χ2v) is 5.21. The zero-order valence-electron chi connectivity index (χ0n) is 13.8. The van der Waals surface area contributed by atoms with Crippen LogP contribution in [0, 0.1) is 11.3 Å². The quantitative estimate of drug-likeness (QED) is 0.725. The van der Waals surface area contributed by atoms with Gasteiger partial charge in [0.15, 0.2) is 6.61 Å². The van der Waals surface area contributed by atoms with Gasteiger partial charge in [-0.25, -0.2) is 4.79 Å². The molecule has 2 aromatic rings. The SMILES string of the molecule is CN(CCC#N)C(=O)COC(=O)c1ccccc1Oc1ccccc1. The number of hydrogen-bond acceptors (Lipinski definition) is 5. The van der Waals surface area contributed by atoms with Gasteiger partial charge in [0.2, 0.25) is 0 Å². The fourth-order valence-corrected chi connectivity index (χ4v) is 2.00. The van der Waals surface area contributed by atoms with E-state index >= 15 is 0 Å². The van der Waals surface area contributed by atoms with Gasteiger partial charge in [-0.3, -0.25) is 4.79 Å². The molecule has 0 fully saturated rings. The predicted molar refractivity (Wildman–Crippen MR) is 91.1 cm³/mol. The summed E-state index contributed by atoms with van der Waals surface area (Å²) in [6, 6.07) is 17.7. The molecule has 0 atom stereocenters. The van der Waals surface area contributed by atoms with Crippen LogP contribution >= 0.6 is 0 Å². The topological polar surface area (TPSA) is 79.6 Å². The first-order valence-electron chi connectivity index (χ1n) is 7.72. The normalized spacial score (nSPS) is 9.76. The second-order valence-electron chi connectivity index (χ2n) is 5.21. The summed E-state index contributed by atoms with van der Waals surface area (Å²) >= 11 is 0. The molecule has 128 valence electrons. The maximum absolute atomic E-state index is 12.3. The molecular formula is C19H18N2O4. The Morgan fingerprint density at radius 3 is 2.48 bits per heavy atom. The molecule has 0 N–H and O–H groups in total. The van der Waals surface area contributed by atoms with E-state index in [9.17, 15) is 9.59 Å². The monoisotopic (exact) mass is 338 g/mol. The van der Waals surface area contributed by atoms with Gasteiger partial charge in [0.25, 0.3) is 5.91 Å². The average molecular weight is 338 g/mol. The maximum atomic E-state index is 12.3. The van der Waals surface area contributed by atoms with Gasteiger partial charge >= 0.3 is 5.97 Å². The third-order valence-electron chi connectivity index (χ3n) is 3.39. The van der Waals surface area contributed by atoms with E-state index < -0.39 is 5.97 Å². The molecule has 0 saturated carbocycles. The lowest BCUT2D eigenvalue weighted by Gasteiger charge is -2.15. The van der Waals surface area contributed by atoms with Crippen molar-refractivity contribution < 1.29 is 19.1 Å². The van der Waals surface area contributed by atoms with Crippen molar-refractivity contribution in [1.29, 1.82) is 5.26 Å². The van der Waals surface area contributed by atoms with Crippen molar-refractivity contribution in [3.05, 3.63) is 60.2 Å². The third-order valence-corrected chi connectivity index (χ3v) is 3.39. The van der Waals surface area contributed by atoms with Gasteiger partial charge in [0, 0.05) is 13.6 Å². The number of carbonyl (C=O) groups is 2. The predicted octanol–water partition coefficient (Wildman–Crippen LogP) is 3.01. The molecule has 0 unspecified atom stereocenters. The van der Waals surface area contributed by atoms with Crippen LogP contribution in [-0.4, -0.2) is 37.0 Å². The van der Waals surface area contributed by atoms with Gasteiger partial charge in [-0.2, -0.15) is 5.26 Å². The molecule has 0 spiro atoms. The number of ether oxygens (including phenoxy) is 2. The lowest BCUT2D eigenvalue weighted by molar-refractivity contribution is -0.133. The van der Waals surface area contributed by atoms with Crippen LogP contribution < -0.4 is 4.74 Å². The number of benzene rings is 2. The molecule has 0 saturated heterocycles. The molecule has 0 heterocycles. The molecule has 0 aliphatic rings. The van der Waals surface area contributed by atoms with Crippen molar-refractivity contribution in [2.75, 3.05) is 20.2 Å². The van der Waals surface area contributed by atoms with Gasteiger partial charge in [-0.15, -0.1) is 0 Å². The van der Waals surface area contributed by atoms with Crippen molar-refractivity contribution in [1.82, 2.24) is 4.90 Å². The van der Waals surface area contributed by atoms with Crippen LogP contribution in [0.5, 0.6) is 11.5 Å². The standard InChI is InChI=1S/C19H18N2O4/c1-21(13-7-12-20)18(22)14-24-19(23)16-10-5-6-11-17(16)25-15-8-3-2-4-9-15/h2-6,8-11H,7,13-14H2,1H3. The summed E-state index contributed by atoms with van der Waals surface area (Å²) in [4.78, 5) is 25.5. The Balaban J connectivity index is 2.00. The number of rotatable bonds is 7. The number of nitriles is 1. The van der Waals surface area contributed by atoms with Crippen molar-refractivity contribution in [3.8, 4) is 17.6 Å². The summed E-state index contributed by atoms with van der Waals surface area (Å²) < 4.78 is 10.8. The second kappa shape index (κ2) is 9.08. The first kappa shape index (κ1) is 18.0. The van der Waals surface area contributed by atoms with Crippen LogP contribution in [0.2, 0.25) is 0 Å². The Kier molecular flexibility index (Phi) is 6.55. The highest BCUT2D eigenvalue weighted by molar-refractivity contribution is 5.94. The van der Waals surface area contributed by atoms with E-state index in [-0.39, 0.29) is 24.5 Å². The van der Waals surface area contributed by atoms with Crippen LogP contribution in [0.25, 0.3) is 0 Å². The summed E-state index contributed by atoms with van der Waals surface area (Å²) in [5, 5.41) is 8.53. The highest BCUT2D eigenvalue weighted by atomic mass is 16.5. The lowest BCUT2D eigenvalue weighted by Crippen LogP contribution is -2.31. The largest absolute Gasteiger partial charge is 0.456 e. The smallest absolute Gasteiger partial charge is 0.342 e. The average Bonchev–Trinajstić information content (AvgIpc) is 2.65. The first-order chi connectivity index (χ1) is 12.1. The number of para-hydroxylation sites is 2. The van der Waals surface area contributed by atoms with Crippen LogP contribution in [0.3, 0.4) is 0 Å². The number of hydrogen-bond donors (Lipinski definition) is 0. The van der Waals surface area contributed by atoms with Gasteiger partial charge in [0.05, 0.1) is 12.5 Å². The molecule has 2 aromatic carbocycles. The van der Waals surface area contributed by atoms with Crippen molar-refractivity contribution in [2.45, 2.75) is 6.42 Å². The molecule has 6 nitrogen and oxygen atoms in total. The van der Waals surface area contributed by atoms with Gasteiger partial charge in [-0.05, 0) is 24.3 Å². The van der Waals surface area contributed by atoms with Crippen LogP contribution in [0.4, 0.5) is 0 Å². The Bertz CT molecular complexity index is 768. The fourth-order valence-electron chi connectivity index (χ4n) is 2.00. The Morgan fingerprint density at radius 1 is 1.08 bits per heavy atom. The van der Waals surface area contributed by atoms with Gasteiger partial charge in [-0.1, -0.05) is 30.3 Å². The first-order valence-corrected chi connectivity index (χ1v) is 7.72. The summed E-state index contributed by atoms with van der Waals surface area (Å²) in [7, 11) is 1.56. The fraction of sp³-hybridized carbons (Fsp3) is 0.211. The summed E-state index contributed by atoms with van der Waals surface area (Å²) in [6.07, 6.45) is 0.226. The van der Waals surface area contributed by atoms with Gasteiger partial charge in [0.1, 0.15) is 17.1 Å². The van der Waals surface area contributed by atoms with E-state index in [0.29, 0.717) is 18.0 Å². The molecule has 0 aliphatic heterocycles. The molecule has 0 aromatic heterocycles. The van der Waals surface area contributed by atoms with Crippen LogP contribution in [0.1, 0.15) is 16.8 Å². The zero-order chi connectivity index (χ0) is 18.1. The Hall–Kier alpha value is -3.33. The summed E-state index contributed by atoms with van der Waals surface area (Å²) in [5.74, 6) is -0.0716.